The molecule has 1 aliphatic carbocycles. The second kappa shape index (κ2) is 13.5. The number of hydrogen-bond donors (Lipinski definition) is 2. The molecule has 5 nitrogen and oxygen atoms in total. The molecule has 1 heterocycles. The van der Waals surface area contributed by atoms with Crippen molar-refractivity contribution >= 4 is 18.7 Å². The molecule has 38 heavy (non-hydrogen) atoms. The van der Waals surface area contributed by atoms with Crippen molar-refractivity contribution in [1.29, 1.82) is 0 Å². The van der Waals surface area contributed by atoms with Crippen LogP contribution >= 0.6 is 0 Å². The second-order valence-corrected chi connectivity index (χ2v) is 16.1. The summed E-state index contributed by atoms with van der Waals surface area (Å²) >= 11 is 0. The van der Waals surface area contributed by atoms with Crippen molar-refractivity contribution in [1.82, 2.24) is 0 Å². The van der Waals surface area contributed by atoms with Crippen LogP contribution in [0.2, 0.25) is 5.04 Å². The van der Waals surface area contributed by atoms with Gasteiger partial charge in [0.25, 0.3) is 8.32 Å². The average molecular weight is 539 g/mol. The Labute approximate surface area is 230 Å². The molecule has 5 atom stereocenters. The Balaban J connectivity index is 1.45. The molecule has 2 aromatic rings. The highest BCUT2D eigenvalue weighted by molar-refractivity contribution is 6.99. The van der Waals surface area contributed by atoms with Crippen LogP contribution in [0, 0.1) is 11.8 Å². The molecule has 2 aliphatic rings. The quantitative estimate of drug-likeness (QED) is 0.244. The molecule has 0 bridgehead atoms. The van der Waals surface area contributed by atoms with Gasteiger partial charge >= 0.3 is 0 Å². The first-order valence-corrected chi connectivity index (χ1v) is 16.2. The van der Waals surface area contributed by atoms with E-state index in [0.29, 0.717) is 26.1 Å². The van der Waals surface area contributed by atoms with Crippen LogP contribution in [-0.4, -0.2) is 56.8 Å². The number of aliphatic hydroxyl groups is 2. The molecule has 208 valence electrons. The third-order valence-electron chi connectivity index (χ3n) is 8.23. The summed E-state index contributed by atoms with van der Waals surface area (Å²) in [6.07, 6.45) is 8.28. The lowest BCUT2D eigenvalue weighted by Crippen LogP contribution is -2.67. The fourth-order valence-electron chi connectivity index (χ4n) is 6.20. The number of hydrogen-bond acceptors (Lipinski definition) is 5. The number of ether oxygens (including phenoxy) is 2. The van der Waals surface area contributed by atoms with Crippen LogP contribution in [0.15, 0.2) is 72.8 Å². The van der Waals surface area contributed by atoms with Crippen molar-refractivity contribution in [2.75, 3.05) is 19.8 Å². The Morgan fingerprint density at radius 1 is 0.895 bits per heavy atom. The topological polar surface area (TPSA) is 68.2 Å². The third-order valence-corrected chi connectivity index (χ3v) is 13.2. The van der Waals surface area contributed by atoms with E-state index in [1.54, 1.807) is 0 Å². The van der Waals surface area contributed by atoms with E-state index < -0.39 is 20.5 Å². The van der Waals surface area contributed by atoms with Crippen LogP contribution in [0.25, 0.3) is 0 Å². The SMILES string of the molecule is CC(C)(C)[Si](OC[C@H]1[C@@H](C/C=C\CCOC2CCCCO2)[C@H](O)C[C@@H]1O)(c1ccccc1)c1ccccc1. The summed E-state index contributed by atoms with van der Waals surface area (Å²) in [6.45, 7) is 8.64. The first kappa shape index (κ1) is 29.2. The van der Waals surface area contributed by atoms with E-state index in [2.05, 4.69) is 81.5 Å². The molecule has 0 amide bonds. The molecular formula is C32H46O5Si. The van der Waals surface area contributed by atoms with Gasteiger partial charge in [-0.05, 0) is 59.9 Å². The van der Waals surface area contributed by atoms with Gasteiger partial charge in [-0.3, -0.25) is 0 Å². The second-order valence-electron chi connectivity index (χ2n) is 11.8. The van der Waals surface area contributed by atoms with Crippen molar-refractivity contribution in [3.8, 4) is 0 Å². The van der Waals surface area contributed by atoms with E-state index in [1.807, 2.05) is 12.1 Å². The molecule has 2 N–H and O–H groups in total. The van der Waals surface area contributed by atoms with Gasteiger partial charge in [-0.25, -0.2) is 0 Å². The minimum absolute atomic E-state index is 0.0398. The van der Waals surface area contributed by atoms with Gasteiger partial charge in [-0.15, -0.1) is 0 Å². The molecule has 6 heteroatoms. The maximum absolute atomic E-state index is 11.0. The van der Waals surface area contributed by atoms with Crippen LogP contribution in [-0.2, 0) is 13.9 Å². The largest absolute Gasteiger partial charge is 0.407 e. The zero-order valence-electron chi connectivity index (χ0n) is 23.3. The van der Waals surface area contributed by atoms with Gasteiger partial charge in [-0.2, -0.15) is 0 Å². The number of aliphatic hydroxyl groups excluding tert-OH is 2. The Kier molecular flexibility index (Phi) is 10.4. The highest BCUT2D eigenvalue weighted by Crippen LogP contribution is 2.40. The Morgan fingerprint density at radius 3 is 2.11 bits per heavy atom. The van der Waals surface area contributed by atoms with E-state index in [0.717, 1.165) is 25.9 Å². The van der Waals surface area contributed by atoms with Gasteiger partial charge in [0, 0.05) is 19.1 Å². The van der Waals surface area contributed by atoms with Gasteiger partial charge < -0.3 is 24.1 Å². The zero-order valence-corrected chi connectivity index (χ0v) is 24.3. The Morgan fingerprint density at radius 2 is 1.53 bits per heavy atom. The van der Waals surface area contributed by atoms with Gasteiger partial charge in [0.2, 0.25) is 0 Å². The summed E-state index contributed by atoms with van der Waals surface area (Å²) in [5, 5.41) is 24.1. The molecule has 1 saturated heterocycles. The smallest absolute Gasteiger partial charge is 0.261 e. The first-order chi connectivity index (χ1) is 18.3. The number of rotatable bonds is 11. The fraction of sp³-hybridized carbons (Fsp3) is 0.562. The molecule has 0 spiro atoms. The summed E-state index contributed by atoms with van der Waals surface area (Å²) in [6, 6.07) is 21.2. The van der Waals surface area contributed by atoms with Gasteiger partial charge in [0.1, 0.15) is 0 Å². The van der Waals surface area contributed by atoms with Crippen LogP contribution in [0.4, 0.5) is 0 Å². The maximum atomic E-state index is 11.0. The third kappa shape index (κ3) is 6.85. The van der Waals surface area contributed by atoms with E-state index in [1.165, 1.54) is 16.8 Å². The molecular weight excluding hydrogens is 492 g/mol. The Bertz CT molecular complexity index is 944. The van der Waals surface area contributed by atoms with Crippen molar-refractivity contribution in [2.24, 2.45) is 11.8 Å². The van der Waals surface area contributed by atoms with Crippen LogP contribution in [0.1, 0.15) is 59.3 Å². The predicted octanol–water partition coefficient (Wildman–Crippen LogP) is 4.80. The molecule has 0 radical (unpaired) electrons. The summed E-state index contributed by atoms with van der Waals surface area (Å²) in [5.41, 5.74) is 0. The molecule has 0 aromatic heterocycles. The molecule has 2 aromatic carbocycles. The molecule has 1 unspecified atom stereocenters. The van der Waals surface area contributed by atoms with Crippen LogP contribution < -0.4 is 10.4 Å². The van der Waals surface area contributed by atoms with E-state index in [-0.39, 0.29) is 23.2 Å². The minimum atomic E-state index is -2.70. The molecule has 1 saturated carbocycles. The highest BCUT2D eigenvalue weighted by Gasteiger charge is 2.51. The Hall–Kier alpha value is -1.80. The van der Waals surface area contributed by atoms with E-state index in [4.69, 9.17) is 13.9 Å². The lowest BCUT2D eigenvalue weighted by molar-refractivity contribution is -0.161. The van der Waals surface area contributed by atoms with Gasteiger partial charge in [0.05, 0.1) is 18.8 Å². The van der Waals surface area contributed by atoms with Gasteiger partial charge in [0.15, 0.2) is 6.29 Å². The van der Waals surface area contributed by atoms with Crippen LogP contribution in [0.5, 0.6) is 0 Å². The average Bonchev–Trinajstić information content (AvgIpc) is 3.19. The molecule has 1 aliphatic heterocycles. The molecule has 2 fully saturated rings. The van der Waals surface area contributed by atoms with Crippen LogP contribution in [0.3, 0.4) is 0 Å². The summed E-state index contributed by atoms with van der Waals surface area (Å²) in [7, 11) is -2.70. The van der Waals surface area contributed by atoms with Crippen molar-refractivity contribution in [3.05, 3.63) is 72.8 Å². The normalized spacial score (nSPS) is 26.7. The summed E-state index contributed by atoms with van der Waals surface area (Å²) in [4.78, 5) is 0. The lowest BCUT2D eigenvalue weighted by atomic mass is 9.91. The summed E-state index contributed by atoms with van der Waals surface area (Å²) in [5.74, 6) is -0.162. The van der Waals surface area contributed by atoms with E-state index >= 15 is 0 Å². The monoisotopic (exact) mass is 538 g/mol. The maximum Gasteiger partial charge on any atom is 0.261 e. The number of benzene rings is 2. The number of allylic oxidation sites excluding steroid dienone is 1. The first-order valence-electron chi connectivity index (χ1n) is 14.3. The lowest BCUT2D eigenvalue weighted by Gasteiger charge is -2.44. The van der Waals surface area contributed by atoms with Gasteiger partial charge in [-0.1, -0.05) is 93.6 Å². The van der Waals surface area contributed by atoms with Crippen molar-refractivity contribution < 1.29 is 24.1 Å². The van der Waals surface area contributed by atoms with Crippen molar-refractivity contribution in [3.63, 3.8) is 0 Å². The highest BCUT2D eigenvalue weighted by atomic mass is 28.4. The minimum Gasteiger partial charge on any atom is -0.407 e. The zero-order chi connectivity index (χ0) is 27.0. The standard InChI is InChI=1S/C32H46O5Si/c1-32(2,3)38(25-15-7-4-8-16-25,26-17-9-5-10-18-26)37-24-28-27(29(33)23-30(28)34)19-11-6-13-21-35-31-20-12-14-22-36-31/h4-11,15-18,27-31,33-34H,12-14,19-24H2,1-3H3/b11-6-/t27-,28+,29-,30+,31?/m1/s1. The van der Waals surface area contributed by atoms with Crippen molar-refractivity contribution in [2.45, 2.75) is 82.8 Å². The fourth-order valence-corrected chi connectivity index (χ4v) is 10.8. The van der Waals surface area contributed by atoms with E-state index in [9.17, 15) is 10.2 Å². The predicted molar refractivity (Wildman–Crippen MR) is 155 cm³/mol. The summed E-state index contributed by atoms with van der Waals surface area (Å²) < 4.78 is 18.6. The molecule has 4 rings (SSSR count).